The Hall–Kier alpha value is -3.44. The first-order chi connectivity index (χ1) is 17.3. The molecule has 0 bridgehead atoms. The number of hydrogen-bond donors (Lipinski definition) is 1. The Morgan fingerprint density at radius 1 is 0.730 bits per heavy atom. The van der Waals surface area contributed by atoms with Crippen LogP contribution < -0.4 is 4.74 Å². The molecule has 0 saturated carbocycles. The van der Waals surface area contributed by atoms with E-state index in [4.69, 9.17) is 4.74 Å². The highest BCUT2D eigenvalue weighted by Gasteiger charge is 2.43. The van der Waals surface area contributed by atoms with E-state index in [0.717, 1.165) is 26.5 Å². The van der Waals surface area contributed by atoms with Gasteiger partial charge < -0.3 is 19.6 Å². The minimum absolute atomic E-state index is 0.0226. The van der Waals surface area contributed by atoms with Crippen molar-refractivity contribution in [1.82, 2.24) is 9.80 Å². The highest BCUT2D eigenvalue weighted by Crippen LogP contribution is 2.28. The van der Waals surface area contributed by atoms with E-state index < -0.39 is 24.2 Å². The predicted molar refractivity (Wildman–Crippen MR) is 121 cm³/mol. The standard InChI is InChI=1S/C13H14F3NO2.C12H12F3NO2/c1-19-11-4-2-3-9-5-7-17(8-6-10(9)11)12(18)13(14,15)16;13-12(14,15)11(18)16-6-4-8-2-1-3-10(17)9(8)5-7-16/h2-4H,5-8H2,1H3;1-3,17H,4-7H2. The maximum atomic E-state index is 12.4. The predicted octanol–water partition coefficient (Wildman–Crippen LogP) is 4.07. The number of carbonyl (C=O) groups excluding carboxylic acids is 2. The minimum Gasteiger partial charge on any atom is -0.508 e. The fourth-order valence-corrected chi connectivity index (χ4v) is 4.46. The molecule has 2 amide bonds. The summed E-state index contributed by atoms with van der Waals surface area (Å²) in [7, 11) is 1.53. The van der Waals surface area contributed by atoms with Gasteiger partial charge in [0.2, 0.25) is 0 Å². The molecule has 0 spiro atoms. The van der Waals surface area contributed by atoms with E-state index >= 15 is 0 Å². The average Bonchev–Trinajstić information content (AvgIpc) is 3.19. The molecule has 2 heterocycles. The zero-order chi connectivity index (χ0) is 27.4. The minimum atomic E-state index is -4.83. The topological polar surface area (TPSA) is 70.1 Å². The largest absolute Gasteiger partial charge is 0.508 e. The second-order valence-corrected chi connectivity index (χ2v) is 8.59. The van der Waals surface area contributed by atoms with Crippen LogP contribution in [0.25, 0.3) is 0 Å². The highest BCUT2D eigenvalue weighted by molar-refractivity contribution is 5.82. The summed E-state index contributed by atoms with van der Waals surface area (Å²) in [6.07, 6.45) is -8.29. The summed E-state index contributed by atoms with van der Waals surface area (Å²) < 4.78 is 79.5. The van der Waals surface area contributed by atoms with Gasteiger partial charge in [0.1, 0.15) is 11.5 Å². The number of nitrogens with zero attached hydrogens (tertiary/aromatic N) is 2. The molecule has 1 N–H and O–H groups in total. The molecule has 202 valence electrons. The molecule has 0 radical (unpaired) electrons. The smallest absolute Gasteiger partial charge is 0.471 e. The lowest BCUT2D eigenvalue weighted by Crippen LogP contribution is -2.42. The summed E-state index contributed by atoms with van der Waals surface area (Å²) in [6, 6.07) is 10.4. The Kier molecular flexibility index (Phi) is 8.60. The van der Waals surface area contributed by atoms with Crippen molar-refractivity contribution in [1.29, 1.82) is 0 Å². The molecule has 12 heteroatoms. The molecule has 0 aliphatic carbocycles. The van der Waals surface area contributed by atoms with Crippen molar-refractivity contribution in [2.24, 2.45) is 0 Å². The van der Waals surface area contributed by atoms with Crippen LogP contribution in [-0.4, -0.2) is 72.4 Å². The molecule has 0 aromatic heterocycles. The average molecular weight is 532 g/mol. The van der Waals surface area contributed by atoms with Crippen molar-refractivity contribution in [2.45, 2.75) is 38.0 Å². The van der Waals surface area contributed by atoms with Crippen molar-refractivity contribution in [2.75, 3.05) is 33.3 Å². The van der Waals surface area contributed by atoms with Crippen LogP contribution in [0.3, 0.4) is 0 Å². The van der Waals surface area contributed by atoms with Crippen LogP contribution in [0.5, 0.6) is 11.5 Å². The van der Waals surface area contributed by atoms with Crippen molar-refractivity contribution < 1.29 is 45.8 Å². The van der Waals surface area contributed by atoms with Crippen LogP contribution in [0.2, 0.25) is 0 Å². The van der Waals surface area contributed by atoms with Gasteiger partial charge in [0.25, 0.3) is 0 Å². The van der Waals surface area contributed by atoms with Crippen LogP contribution in [-0.2, 0) is 35.3 Å². The summed E-state index contributed by atoms with van der Waals surface area (Å²) in [5, 5.41) is 9.64. The van der Waals surface area contributed by atoms with E-state index in [-0.39, 0.29) is 38.3 Å². The van der Waals surface area contributed by atoms with Gasteiger partial charge in [0.15, 0.2) is 0 Å². The van der Waals surface area contributed by atoms with Gasteiger partial charge in [-0.25, -0.2) is 0 Å². The number of ether oxygens (including phenoxy) is 1. The number of fused-ring (bicyclic) bond motifs is 2. The monoisotopic (exact) mass is 532 g/mol. The van der Waals surface area contributed by atoms with Gasteiger partial charge in [-0.3, -0.25) is 9.59 Å². The maximum absolute atomic E-state index is 12.4. The van der Waals surface area contributed by atoms with E-state index in [9.17, 15) is 41.0 Å². The van der Waals surface area contributed by atoms with Gasteiger partial charge in [-0.1, -0.05) is 24.3 Å². The lowest BCUT2D eigenvalue weighted by atomic mass is 10.0. The van der Waals surface area contributed by atoms with E-state index in [2.05, 4.69) is 0 Å². The second-order valence-electron chi connectivity index (χ2n) is 8.59. The number of aromatic hydroxyl groups is 1. The number of phenolic OH excluding ortho intramolecular Hbond substituents is 1. The quantitative estimate of drug-likeness (QED) is 0.563. The third kappa shape index (κ3) is 6.86. The fourth-order valence-electron chi connectivity index (χ4n) is 4.46. The number of phenols is 1. The van der Waals surface area contributed by atoms with Crippen LogP contribution >= 0.6 is 0 Å². The molecule has 0 atom stereocenters. The third-order valence-corrected chi connectivity index (χ3v) is 6.32. The highest BCUT2D eigenvalue weighted by atomic mass is 19.4. The molecule has 4 rings (SSSR count). The van der Waals surface area contributed by atoms with Gasteiger partial charge in [-0.15, -0.1) is 0 Å². The van der Waals surface area contributed by atoms with Crippen molar-refractivity contribution in [3.05, 3.63) is 58.7 Å². The normalized spacial score (nSPS) is 15.9. The molecular weight excluding hydrogens is 506 g/mol. The van der Waals surface area contributed by atoms with Gasteiger partial charge in [0.05, 0.1) is 7.11 Å². The Bertz CT molecular complexity index is 1130. The molecular formula is C25H26F6N2O4. The van der Waals surface area contributed by atoms with Gasteiger partial charge in [-0.05, 0) is 60.1 Å². The fraction of sp³-hybridized carbons (Fsp3) is 0.440. The summed E-state index contributed by atoms with van der Waals surface area (Å²) in [4.78, 5) is 24.0. The van der Waals surface area contributed by atoms with Gasteiger partial charge in [0, 0.05) is 26.2 Å². The van der Waals surface area contributed by atoms with Crippen molar-refractivity contribution in [3.63, 3.8) is 0 Å². The third-order valence-electron chi connectivity index (χ3n) is 6.32. The summed E-state index contributed by atoms with van der Waals surface area (Å²) >= 11 is 0. The Labute approximate surface area is 209 Å². The number of alkyl halides is 6. The lowest BCUT2D eigenvalue weighted by molar-refractivity contribution is -0.185. The first kappa shape index (κ1) is 28.1. The zero-order valence-corrected chi connectivity index (χ0v) is 20.0. The van der Waals surface area contributed by atoms with Crippen molar-refractivity contribution in [3.8, 4) is 11.5 Å². The second kappa shape index (κ2) is 11.3. The van der Waals surface area contributed by atoms with E-state index in [1.165, 1.54) is 13.2 Å². The Morgan fingerprint density at radius 2 is 1.16 bits per heavy atom. The first-order valence-corrected chi connectivity index (χ1v) is 11.5. The van der Waals surface area contributed by atoms with Crippen molar-refractivity contribution >= 4 is 11.8 Å². The number of amides is 2. The SMILES string of the molecule is COc1cccc2c1CCN(C(=O)C(F)(F)F)CC2.O=C(N1CCc2cccc(O)c2CC1)C(F)(F)F. The number of halogens is 6. The Balaban J connectivity index is 0.000000206. The molecule has 2 aromatic carbocycles. The molecule has 2 aromatic rings. The maximum Gasteiger partial charge on any atom is 0.471 e. The zero-order valence-electron chi connectivity index (χ0n) is 20.0. The van der Waals surface area contributed by atoms with Gasteiger partial charge in [-0.2, -0.15) is 26.3 Å². The van der Waals surface area contributed by atoms with E-state index in [1.54, 1.807) is 24.3 Å². The lowest BCUT2D eigenvalue weighted by Gasteiger charge is -2.21. The summed E-state index contributed by atoms with van der Waals surface area (Å²) in [5.74, 6) is -2.83. The number of hydrogen-bond acceptors (Lipinski definition) is 4. The molecule has 6 nitrogen and oxygen atoms in total. The van der Waals surface area contributed by atoms with Gasteiger partial charge >= 0.3 is 24.2 Å². The molecule has 0 saturated heterocycles. The van der Waals surface area contributed by atoms with E-state index in [0.29, 0.717) is 30.6 Å². The van der Waals surface area contributed by atoms with Crippen LogP contribution in [0.15, 0.2) is 36.4 Å². The molecule has 37 heavy (non-hydrogen) atoms. The van der Waals surface area contributed by atoms with Crippen LogP contribution in [0, 0.1) is 0 Å². The number of carbonyl (C=O) groups is 2. The number of rotatable bonds is 1. The van der Waals surface area contributed by atoms with Crippen LogP contribution in [0.1, 0.15) is 22.3 Å². The number of benzene rings is 2. The summed E-state index contributed by atoms with van der Waals surface area (Å²) in [5.41, 5.74) is 3.27. The molecule has 0 unspecified atom stereocenters. The Morgan fingerprint density at radius 3 is 1.65 bits per heavy atom. The molecule has 2 aliphatic rings. The molecule has 2 aliphatic heterocycles. The van der Waals surface area contributed by atoms with Crippen LogP contribution in [0.4, 0.5) is 26.3 Å². The first-order valence-electron chi connectivity index (χ1n) is 11.5. The number of methoxy groups -OCH3 is 1. The summed E-state index contributed by atoms with van der Waals surface area (Å²) in [6.45, 7) is 0.141. The van der Waals surface area contributed by atoms with E-state index in [1.807, 2.05) is 6.07 Å². The molecule has 0 fully saturated rings.